The van der Waals surface area contributed by atoms with E-state index in [0.717, 1.165) is 17.0 Å². The van der Waals surface area contributed by atoms with E-state index in [1.807, 2.05) is 29.0 Å². The highest BCUT2D eigenvalue weighted by molar-refractivity contribution is 5.35. The summed E-state index contributed by atoms with van der Waals surface area (Å²) in [5.41, 5.74) is 2.69. The van der Waals surface area contributed by atoms with Gasteiger partial charge in [0.15, 0.2) is 0 Å². The Morgan fingerprint density at radius 3 is 2.67 bits per heavy atom. The molecule has 2 aromatic carbocycles. The number of hydrogen-bond donors (Lipinski definition) is 0. The van der Waals surface area contributed by atoms with E-state index in [-0.39, 0.29) is 5.69 Å². The number of non-ortho nitro benzene ring substituents is 1. The Morgan fingerprint density at radius 2 is 1.96 bits per heavy atom. The molecule has 3 rings (SSSR count). The quantitative estimate of drug-likeness (QED) is 0.533. The van der Waals surface area contributed by atoms with Gasteiger partial charge in [-0.3, -0.25) is 10.1 Å². The lowest BCUT2D eigenvalue weighted by Gasteiger charge is -2.08. The summed E-state index contributed by atoms with van der Waals surface area (Å²) < 4.78 is 2.01. The molecule has 0 N–H and O–H groups in total. The van der Waals surface area contributed by atoms with Gasteiger partial charge in [0.2, 0.25) is 0 Å². The predicted octanol–water partition coefficient (Wildman–Crippen LogP) is 3.30. The number of benzene rings is 2. The van der Waals surface area contributed by atoms with Crippen LogP contribution < -0.4 is 0 Å². The average Bonchev–Trinajstić information content (AvgIpc) is 3.02. The minimum Gasteiger partial charge on any atom is -0.330 e. The van der Waals surface area contributed by atoms with Crippen LogP contribution in [-0.2, 0) is 13.0 Å². The summed E-state index contributed by atoms with van der Waals surface area (Å²) in [5.74, 6) is 0.867. The van der Waals surface area contributed by atoms with E-state index >= 15 is 0 Å². The molecule has 3 aromatic rings. The lowest BCUT2D eigenvalue weighted by molar-refractivity contribution is -0.384. The molecule has 0 saturated carbocycles. The number of rotatable bonds is 5. The number of aromatic nitrogens is 2. The van der Waals surface area contributed by atoms with Crippen LogP contribution in [0.1, 0.15) is 22.5 Å². The van der Waals surface area contributed by atoms with Crippen molar-refractivity contribution < 1.29 is 4.92 Å². The van der Waals surface area contributed by atoms with Crippen LogP contribution in [0.5, 0.6) is 0 Å². The van der Waals surface area contributed by atoms with Crippen LogP contribution in [0.2, 0.25) is 0 Å². The monoisotopic (exact) mass is 318 g/mol. The van der Waals surface area contributed by atoms with Gasteiger partial charge in [0.1, 0.15) is 5.82 Å². The third-order valence-electron chi connectivity index (χ3n) is 3.72. The van der Waals surface area contributed by atoms with Crippen LogP contribution in [-0.4, -0.2) is 14.5 Å². The fraction of sp³-hybridized carbons (Fsp3) is 0.111. The van der Waals surface area contributed by atoms with Gasteiger partial charge in [0.25, 0.3) is 5.69 Å². The summed E-state index contributed by atoms with van der Waals surface area (Å²) in [4.78, 5) is 14.7. The smallest absolute Gasteiger partial charge is 0.269 e. The Morgan fingerprint density at radius 1 is 1.17 bits per heavy atom. The number of nitro benzene ring substituents is 1. The number of nitriles is 1. The van der Waals surface area contributed by atoms with Gasteiger partial charge in [0.05, 0.1) is 16.6 Å². The van der Waals surface area contributed by atoms with Crippen molar-refractivity contribution in [2.75, 3.05) is 0 Å². The summed E-state index contributed by atoms with van der Waals surface area (Å²) in [6, 6.07) is 16.1. The van der Waals surface area contributed by atoms with Crippen LogP contribution >= 0.6 is 0 Å². The summed E-state index contributed by atoms with van der Waals surface area (Å²) in [6.07, 6.45) is 4.21. The third-order valence-corrected chi connectivity index (χ3v) is 3.72. The van der Waals surface area contributed by atoms with Crippen molar-refractivity contribution in [3.63, 3.8) is 0 Å². The highest BCUT2D eigenvalue weighted by Gasteiger charge is 2.08. The van der Waals surface area contributed by atoms with E-state index in [0.29, 0.717) is 18.5 Å². The number of nitro groups is 1. The number of nitrogens with zero attached hydrogens (tertiary/aromatic N) is 4. The summed E-state index contributed by atoms with van der Waals surface area (Å²) in [6.45, 7) is 0.623. The fourth-order valence-corrected chi connectivity index (χ4v) is 2.51. The zero-order chi connectivity index (χ0) is 16.9. The number of imidazole rings is 1. The maximum Gasteiger partial charge on any atom is 0.269 e. The van der Waals surface area contributed by atoms with Crippen LogP contribution in [0.15, 0.2) is 60.9 Å². The average molecular weight is 318 g/mol. The lowest BCUT2D eigenvalue weighted by Crippen LogP contribution is -2.05. The highest BCUT2D eigenvalue weighted by Crippen LogP contribution is 2.15. The van der Waals surface area contributed by atoms with Crippen LogP contribution in [0, 0.1) is 21.4 Å². The largest absolute Gasteiger partial charge is 0.330 e. The first-order valence-electron chi connectivity index (χ1n) is 7.38. The molecule has 0 saturated heterocycles. The maximum absolute atomic E-state index is 10.7. The molecule has 24 heavy (non-hydrogen) atoms. The van der Waals surface area contributed by atoms with Crippen LogP contribution in [0.4, 0.5) is 5.69 Å². The first kappa shape index (κ1) is 15.4. The van der Waals surface area contributed by atoms with E-state index in [1.165, 1.54) is 12.1 Å². The van der Waals surface area contributed by atoms with Crippen molar-refractivity contribution in [1.82, 2.24) is 9.55 Å². The van der Waals surface area contributed by atoms with Crippen molar-refractivity contribution in [2.45, 2.75) is 13.0 Å². The highest BCUT2D eigenvalue weighted by atomic mass is 16.6. The lowest BCUT2D eigenvalue weighted by atomic mass is 10.1. The Kier molecular flexibility index (Phi) is 4.34. The van der Waals surface area contributed by atoms with Gasteiger partial charge < -0.3 is 4.57 Å². The molecule has 0 amide bonds. The first-order valence-corrected chi connectivity index (χ1v) is 7.38. The summed E-state index contributed by atoms with van der Waals surface area (Å²) >= 11 is 0. The molecule has 0 atom stereocenters. The minimum absolute atomic E-state index is 0.0791. The van der Waals surface area contributed by atoms with Crippen molar-refractivity contribution in [1.29, 1.82) is 5.26 Å². The molecule has 0 unspecified atom stereocenters. The van der Waals surface area contributed by atoms with E-state index in [2.05, 4.69) is 11.1 Å². The molecule has 1 heterocycles. The van der Waals surface area contributed by atoms with Gasteiger partial charge in [-0.1, -0.05) is 24.3 Å². The van der Waals surface area contributed by atoms with E-state index in [1.54, 1.807) is 24.4 Å². The molecule has 0 aliphatic rings. The molecule has 0 spiro atoms. The summed E-state index contributed by atoms with van der Waals surface area (Å²) in [5, 5.41) is 19.7. The van der Waals surface area contributed by atoms with E-state index in [4.69, 9.17) is 5.26 Å². The second-order valence-electron chi connectivity index (χ2n) is 5.38. The normalized spacial score (nSPS) is 10.3. The van der Waals surface area contributed by atoms with Gasteiger partial charge in [0, 0.05) is 37.5 Å². The van der Waals surface area contributed by atoms with E-state index in [9.17, 15) is 10.1 Å². The van der Waals surface area contributed by atoms with Crippen LogP contribution in [0.25, 0.3) is 0 Å². The zero-order valence-corrected chi connectivity index (χ0v) is 12.8. The van der Waals surface area contributed by atoms with Crippen molar-refractivity contribution in [2.24, 2.45) is 0 Å². The second-order valence-corrected chi connectivity index (χ2v) is 5.38. The van der Waals surface area contributed by atoms with Crippen molar-refractivity contribution >= 4 is 5.69 Å². The molecule has 6 nitrogen and oxygen atoms in total. The van der Waals surface area contributed by atoms with Crippen LogP contribution in [0.3, 0.4) is 0 Å². The zero-order valence-electron chi connectivity index (χ0n) is 12.8. The Labute approximate surface area is 138 Å². The van der Waals surface area contributed by atoms with Gasteiger partial charge in [-0.2, -0.15) is 5.26 Å². The Bertz CT molecular complexity index is 907. The molecule has 0 aliphatic carbocycles. The topological polar surface area (TPSA) is 84.8 Å². The Balaban J connectivity index is 1.77. The molecular formula is C18H14N4O2. The standard InChI is InChI=1S/C18H14N4O2/c19-12-15-2-1-3-16(10-15)13-21-9-8-20-18(21)11-14-4-6-17(7-5-14)22(23)24/h1-10H,11,13H2. The molecule has 118 valence electrons. The Hall–Kier alpha value is -3.46. The molecule has 0 fully saturated rings. The molecule has 0 radical (unpaired) electrons. The predicted molar refractivity (Wildman–Crippen MR) is 88.4 cm³/mol. The van der Waals surface area contributed by atoms with E-state index < -0.39 is 4.92 Å². The SMILES string of the molecule is N#Cc1cccc(Cn2ccnc2Cc2ccc([N+](=O)[O-])cc2)c1. The fourth-order valence-electron chi connectivity index (χ4n) is 2.51. The molecule has 0 bridgehead atoms. The van der Waals surface area contributed by atoms with Gasteiger partial charge in [-0.05, 0) is 23.3 Å². The molecular weight excluding hydrogens is 304 g/mol. The van der Waals surface area contributed by atoms with Gasteiger partial charge in [-0.15, -0.1) is 0 Å². The van der Waals surface area contributed by atoms with Crippen molar-refractivity contribution in [3.8, 4) is 6.07 Å². The first-order chi connectivity index (χ1) is 11.7. The molecule has 0 aliphatic heterocycles. The third kappa shape index (κ3) is 3.47. The van der Waals surface area contributed by atoms with Gasteiger partial charge >= 0.3 is 0 Å². The summed E-state index contributed by atoms with van der Waals surface area (Å²) in [7, 11) is 0. The maximum atomic E-state index is 10.7. The second kappa shape index (κ2) is 6.75. The van der Waals surface area contributed by atoms with Crippen molar-refractivity contribution in [3.05, 3.63) is 93.6 Å². The molecule has 1 aromatic heterocycles. The van der Waals surface area contributed by atoms with Gasteiger partial charge in [-0.25, -0.2) is 4.98 Å². The minimum atomic E-state index is -0.410. The molecule has 6 heteroatoms. The number of hydrogen-bond acceptors (Lipinski definition) is 4.